The van der Waals surface area contributed by atoms with Gasteiger partial charge in [-0.25, -0.2) is 0 Å². The van der Waals surface area contributed by atoms with Crippen molar-refractivity contribution in [1.82, 2.24) is 0 Å². The third-order valence-electron chi connectivity index (χ3n) is 2.98. The summed E-state index contributed by atoms with van der Waals surface area (Å²) in [5.41, 5.74) is 0. The van der Waals surface area contributed by atoms with Crippen molar-refractivity contribution < 1.29 is 0 Å². The molecular weight excluding hydrogens is 150 g/mol. The predicted octanol–water partition coefficient (Wildman–Crippen LogP) is 3.14. The van der Waals surface area contributed by atoms with Crippen LogP contribution in [0.25, 0.3) is 5.01 Å². The summed E-state index contributed by atoms with van der Waals surface area (Å²) < 4.78 is 0. The zero-order valence-corrected chi connectivity index (χ0v) is 8.08. The average Bonchev–Trinajstić information content (AvgIpc) is 1.96. The summed E-state index contributed by atoms with van der Waals surface area (Å²) in [6.45, 7) is 6.65. The first-order valence-electron chi connectivity index (χ1n) is 4.73. The number of hydrogen-bond donors (Lipinski definition) is 0. The molecule has 0 bridgehead atoms. The molecule has 1 rings (SSSR count). The highest BCUT2D eigenvalue weighted by molar-refractivity contribution is 5.01. The van der Waals surface area contributed by atoms with Gasteiger partial charge >= 0.3 is 6.07 Å². The van der Waals surface area contributed by atoms with Gasteiger partial charge in [-0.15, -0.1) is 0 Å². The molecule has 2 heteroatoms. The summed E-state index contributed by atoms with van der Waals surface area (Å²) in [5, 5.41) is 12.9. The van der Waals surface area contributed by atoms with Crippen LogP contribution in [-0.2, 0) is 0 Å². The van der Waals surface area contributed by atoms with Crippen molar-refractivity contribution in [1.29, 1.82) is 0 Å². The number of nitrogens with zero attached hydrogens (tertiary/aromatic N) is 1. The van der Waals surface area contributed by atoms with Crippen molar-refractivity contribution in [2.24, 2.45) is 23.7 Å². The van der Waals surface area contributed by atoms with Gasteiger partial charge in [0, 0.05) is 5.01 Å². The van der Waals surface area contributed by atoms with Crippen LogP contribution in [0.2, 0.25) is 0 Å². The average molecular weight is 167 g/mol. The third-order valence-corrected chi connectivity index (χ3v) is 2.98. The number of hydrogen-bond acceptors (Lipinski definition) is 1. The lowest BCUT2D eigenvalue weighted by Crippen LogP contribution is -2.27. The fourth-order valence-electron chi connectivity index (χ4n) is 2.53. The van der Waals surface area contributed by atoms with Gasteiger partial charge in [-0.2, -0.15) is 0 Å². The maximum Gasteiger partial charge on any atom is 0.302 e. The zero-order chi connectivity index (χ0) is 9.14. The van der Waals surface area contributed by atoms with Gasteiger partial charge in [-0.05, 0) is 30.6 Å². The molecule has 0 aromatic heterocycles. The third kappa shape index (κ3) is 1.91. The Morgan fingerprint density at radius 2 is 1.67 bits per heavy atom. The summed E-state index contributed by atoms with van der Waals surface area (Å²) in [7, 11) is 0. The molecule has 0 aromatic carbocycles. The summed E-state index contributed by atoms with van der Waals surface area (Å²) in [6.07, 6.45) is 2.41. The minimum absolute atomic E-state index is 0.290. The van der Waals surface area contributed by atoms with E-state index in [1.54, 1.807) is 0 Å². The smallest absolute Gasteiger partial charge is 0.302 e. The Kier molecular flexibility index (Phi) is 2.97. The molecule has 2 unspecified atom stereocenters. The van der Waals surface area contributed by atoms with Gasteiger partial charge < -0.3 is 5.21 Å². The lowest BCUT2D eigenvalue weighted by Gasteiger charge is -2.31. The summed E-state index contributed by atoms with van der Waals surface area (Å²) in [4.78, 5) is 0. The van der Waals surface area contributed by atoms with E-state index in [2.05, 4.69) is 31.8 Å². The maximum atomic E-state index is 10.1. The standard InChI is InChI=1S/C10H17NO/c1-7-4-8(2)10(6-11-12)9(3)5-7/h7-10H,4-5H2,1-3H3. The van der Waals surface area contributed by atoms with Crippen LogP contribution in [0.1, 0.15) is 33.6 Å². The lowest BCUT2D eigenvalue weighted by molar-refractivity contribution is 0.179. The van der Waals surface area contributed by atoms with Gasteiger partial charge in [0.25, 0.3) is 0 Å². The van der Waals surface area contributed by atoms with Crippen LogP contribution in [0.15, 0.2) is 0 Å². The molecule has 0 heterocycles. The van der Waals surface area contributed by atoms with E-state index in [0.717, 1.165) is 5.92 Å². The minimum Gasteiger partial charge on any atom is -0.498 e. The summed E-state index contributed by atoms with van der Waals surface area (Å²) >= 11 is 0. The molecule has 1 aliphatic carbocycles. The highest BCUT2D eigenvalue weighted by Gasteiger charge is 2.33. The Hall–Kier alpha value is -0.710. The molecule has 2 atom stereocenters. The van der Waals surface area contributed by atoms with Crippen molar-refractivity contribution in [3.63, 3.8) is 0 Å². The fourth-order valence-corrected chi connectivity index (χ4v) is 2.53. The second-order valence-electron chi connectivity index (χ2n) is 4.28. The molecule has 0 saturated heterocycles. The molecule has 0 radical (unpaired) electrons. The van der Waals surface area contributed by atoms with Crippen molar-refractivity contribution in [2.45, 2.75) is 33.6 Å². The monoisotopic (exact) mass is 167 g/mol. The van der Waals surface area contributed by atoms with Crippen LogP contribution in [0.4, 0.5) is 0 Å². The highest BCUT2D eigenvalue weighted by atomic mass is 16.4. The molecule has 2 nitrogen and oxygen atoms in total. The minimum atomic E-state index is 0.290. The zero-order valence-electron chi connectivity index (χ0n) is 8.08. The van der Waals surface area contributed by atoms with Gasteiger partial charge in [0.2, 0.25) is 0 Å². The first-order valence-corrected chi connectivity index (χ1v) is 4.73. The second kappa shape index (κ2) is 3.80. The van der Waals surface area contributed by atoms with Crippen molar-refractivity contribution in [3.8, 4) is 6.07 Å². The Morgan fingerprint density at radius 3 is 2.08 bits per heavy atom. The molecule has 0 amide bonds. The van der Waals surface area contributed by atoms with E-state index in [9.17, 15) is 5.21 Å². The van der Waals surface area contributed by atoms with Gasteiger partial charge in [-0.1, -0.05) is 20.8 Å². The van der Waals surface area contributed by atoms with Gasteiger partial charge in [-0.3, -0.25) is 0 Å². The molecule has 68 valence electrons. The first kappa shape index (κ1) is 9.38. The van der Waals surface area contributed by atoms with Crippen molar-refractivity contribution >= 4 is 0 Å². The van der Waals surface area contributed by atoms with Crippen molar-refractivity contribution in [2.75, 3.05) is 0 Å². The van der Waals surface area contributed by atoms with E-state index in [4.69, 9.17) is 0 Å². The van der Waals surface area contributed by atoms with Crippen LogP contribution in [-0.4, -0.2) is 0 Å². The maximum absolute atomic E-state index is 10.1. The van der Waals surface area contributed by atoms with Crippen LogP contribution >= 0.6 is 0 Å². The van der Waals surface area contributed by atoms with E-state index >= 15 is 0 Å². The normalized spacial score (nSPS) is 41.6. The second-order valence-corrected chi connectivity index (χ2v) is 4.28. The van der Waals surface area contributed by atoms with E-state index in [0.29, 0.717) is 17.8 Å². The highest BCUT2D eigenvalue weighted by Crippen LogP contribution is 2.37. The Morgan fingerprint density at radius 1 is 1.17 bits per heavy atom. The molecule has 1 saturated carbocycles. The predicted molar refractivity (Wildman–Crippen MR) is 50.8 cm³/mol. The first-order chi connectivity index (χ1) is 5.65. The van der Waals surface area contributed by atoms with Crippen LogP contribution in [0.3, 0.4) is 0 Å². The van der Waals surface area contributed by atoms with E-state index < -0.39 is 0 Å². The summed E-state index contributed by atoms with van der Waals surface area (Å²) in [6, 6.07) is 2.67. The Labute approximate surface area is 74.4 Å². The Balaban J connectivity index is 2.64. The van der Waals surface area contributed by atoms with E-state index in [1.165, 1.54) is 12.8 Å². The summed E-state index contributed by atoms with van der Waals surface area (Å²) in [5.74, 6) is 2.22. The molecule has 1 fully saturated rings. The van der Waals surface area contributed by atoms with Crippen LogP contribution in [0.5, 0.6) is 0 Å². The Bertz CT molecular complexity index is 192. The molecule has 0 spiro atoms. The number of rotatable bonds is 0. The van der Waals surface area contributed by atoms with Gasteiger partial charge in [0.15, 0.2) is 0 Å². The lowest BCUT2D eigenvalue weighted by atomic mass is 9.70. The molecule has 0 aromatic rings. The van der Waals surface area contributed by atoms with Crippen LogP contribution in [0, 0.1) is 34.9 Å². The largest absolute Gasteiger partial charge is 0.498 e. The SMILES string of the molecule is CC1CC(C)C(C#[N+][O-])C(C)C1. The molecule has 0 aliphatic heterocycles. The van der Waals surface area contributed by atoms with E-state index in [1.807, 2.05) is 0 Å². The molecule has 12 heavy (non-hydrogen) atoms. The van der Waals surface area contributed by atoms with Crippen LogP contribution < -0.4 is 0 Å². The topological polar surface area (TPSA) is 27.4 Å². The van der Waals surface area contributed by atoms with Gasteiger partial charge in [0.1, 0.15) is 0 Å². The molecular formula is C10H17NO. The quantitative estimate of drug-likeness (QED) is 0.509. The van der Waals surface area contributed by atoms with Crippen molar-refractivity contribution in [3.05, 3.63) is 10.2 Å². The molecule has 0 N–H and O–H groups in total. The molecule has 1 aliphatic rings. The van der Waals surface area contributed by atoms with Gasteiger partial charge in [0.05, 0.1) is 5.92 Å². The fraction of sp³-hybridized carbons (Fsp3) is 0.900. The van der Waals surface area contributed by atoms with E-state index in [-0.39, 0.29) is 0 Å².